The molecule has 0 aliphatic carbocycles. The van der Waals surface area contributed by atoms with Crippen molar-refractivity contribution in [3.63, 3.8) is 0 Å². The maximum Gasteiger partial charge on any atom is 0.185 e. The lowest BCUT2D eigenvalue weighted by atomic mass is 10.2. The highest BCUT2D eigenvalue weighted by atomic mass is 15.0. The molecule has 0 aromatic carbocycles. The lowest BCUT2D eigenvalue weighted by molar-refractivity contribution is 0.631. The molecule has 0 amide bonds. The summed E-state index contributed by atoms with van der Waals surface area (Å²) in [5.74, 6) is 0.157. The number of aliphatic imine (C=N–C) groups is 1. The first-order valence-electron chi connectivity index (χ1n) is 4.44. The summed E-state index contributed by atoms with van der Waals surface area (Å²) in [6, 6.07) is 0.245. The highest BCUT2D eigenvalue weighted by Gasteiger charge is 1.91. The van der Waals surface area contributed by atoms with Crippen LogP contribution in [-0.2, 0) is 0 Å². The van der Waals surface area contributed by atoms with Gasteiger partial charge in [0.05, 0.1) is 0 Å². The number of guanidine groups is 1. The van der Waals surface area contributed by atoms with Gasteiger partial charge in [-0.1, -0.05) is 13.8 Å². The van der Waals surface area contributed by atoms with Gasteiger partial charge in [-0.05, 0) is 19.8 Å². The molecule has 0 saturated carbocycles. The number of hydrogen-bond donors (Lipinski definition) is 3. The van der Waals surface area contributed by atoms with Gasteiger partial charge in [-0.25, -0.2) is 0 Å². The first-order chi connectivity index (χ1) is 5.63. The summed E-state index contributed by atoms with van der Waals surface area (Å²) >= 11 is 0. The van der Waals surface area contributed by atoms with Crippen LogP contribution in [0.5, 0.6) is 0 Å². The topological polar surface area (TPSA) is 90.4 Å². The van der Waals surface area contributed by atoms with Crippen molar-refractivity contribution in [3.8, 4) is 0 Å². The average Bonchev–Trinajstić information content (AvgIpc) is 2.02. The third-order valence-corrected chi connectivity index (χ3v) is 1.11. The molecule has 1 atom stereocenters. The molecule has 12 heavy (non-hydrogen) atoms. The van der Waals surface area contributed by atoms with E-state index in [1.807, 2.05) is 20.8 Å². The fraction of sp³-hybridized carbons (Fsp3) is 0.875. The minimum Gasteiger partial charge on any atom is -0.370 e. The van der Waals surface area contributed by atoms with Crippen molar-refractivity contribution < 1.29 is 0 Å². The molecule has 74 valence electrons. The van der Waals surface area contributed by atoms with Crippen LogP contribution in [0.2, 0.25) is 0 Å². The van der Waals surface area contributed by atoms with Crippen LogP contribution in [-0.4, -0.2) is 18.5 Å². The number of nitrogens with two attached hydrogens (primary N) is 3. The first-order valence-corrected chi connectivity index (χ1v) is 4.44. The molecular weight excluding hydrogens is 152 g/mol. The summed E-state index contributed by atoms with van der Waals surface area (Å²) in [5.41, 5.74) is 15.7. The maximum absolute atomic E-state index is 5.50. The van der Waals surface area contributed by atoms with Gasteiger partial charge in [0.15, 0.2) is 5.96 Å². The highest BCUT2D eigenvalue weighted by molar-refractivity contribution is 5.75. The van der Waals surface area contributed by atoms with Crippen LogP contribution in [0.15, 0.2) is 4.99 Å². The normalized spacial score (nSPS) is 11.0. The van der Waals surface area contributed by atoms with E-state index in [1.165, 1.54) is 0 Å². The smallest absolute Gasteiger partial charge is 0.185 e. The summed E-state index contributed by atoms with van der Waals surface area (Å²) in [5, 5.41) is 0. The fourth-order valence-electron chi connectivity index (χ4n) is 0.621. The lowest BCUT2D eigenvalue weighted by Gasteiger charge is -2.00. The third kappa shape index (κ3) is 16.1. The van der Waals surface area contributed by atoms with Crippen molar-refractivity contribution in [1.82, 2.24) is 0 Å². The number of nitrogens with zero attached hydrogens (tertiary/aromatic N) is 1. The minimum absolute atomic E-state index is 0.157. The minimum atomic E-state index is 0.157. The van der Waals surface area contributed by atoms with E-state index in [0.717, 1.165) is 12.8 Å². The van der Waals surface area contributed by atoms with Crippen LogP contribution in [0.3, 0.4) is 0 Å². The Morgan fingerprint density at radius 2 is 1.83 bits per heavy atom. The van der Waals surface area contributed by atoms with Crippen molar-refractivity contribution >= 4 is 5.96 Å². The Balaban J connectivity index is 0. The number of hydrogen-bond acceptors (Lipinski definition) is 2. The van der Waals surface area contributed by atoms with Crippen LogP contribution in [0.1, 0.15) is 33.6 Å². The predicted octanol–water partition coefficient (Wildman–Crippen LogP) is 0.413. The lowest BCUT2D eigenvalue weighted by Crippen LogP contribution is -2.23. The Labute approximate surface area is 75.2 Å². The van der Waals surface area contributed by atoms with Gasteiger partial charge in [-0.3, -0.25) is 4.99 Å². The van der Waals surface area contributed by atoms with Gasteiger partial charge < -0.3 is 17.2 Å². The molecule has 0 rings (SSSR count). The van der Waals surface area contributed by atoms with E-state index in [-0.39, 0.29) is 12.0 Å². The largest absolute Gasteiger partial charge is 0.370 e. The molecule has 0 bridgehead atoms. The molecule has 0 aliphatic rings. The van der Waals surface area contributed by atoms with Crippen molar-refractivity contribution in [1.29, 1.82) is 0 Å². The molecule has 0 heterocycles. The second kappa shape index (κ2) is 10.2. The summed E-state index contributed by atoms with van der Waals surface area (Å²) < 4.78 is 0. The summed E-state index contributed by atoms with van der Waals surface area (Å²) in [6.45, 7) is 6.65. The van der Waals surface area contributed by atoms with Crippen molar-refractivity contribution in [2.24, 2.45) is 22.2 Å². The van der Waals surface area contributed by atoms with Gasteiger partial charge >= 0.3 is 0 Å². The Bertz CT molecular complexity index is 106. The first kappa shape index (κ1) is 13.8. The Kier molecular flexibility index (Phi) is 11.8. The van der Waals surface area contributed by atoms with E-state index in [0.29, 0.717) is 6.54 Å². The molecule has 0 aromatic heterocycles. The molecule has 0 saturated heterocycles. The molecule has 1 unspecified atom stereocenters. The van der Waals surface area contributed by atoms with Crippen LogP contribution in [0.4, 0.5) is 0 Å². The van der Waals surface area contributed by atoms with Gasteiger partial charge in [0, 0.05) is 12.6 Å². The molecule has 0 spiro atoms. The molecule has 6 N–H and O–H groups in total. The van der Waals surface area contributed by atoms with Crippen LogP contribution in [0, 0.1) is 0 Å². The molecule has 4 heteroatoms. The van der Waals surface area contributed by atoms with E-state index in [2.05, 4.69) is 4.99 Å². The average molecular weight is 174 g/mol. The Hall–Kier alpha value is -0.770. The molecule has 4 nitrogen and oxygen atoms in total. The van der Waals surface area contributed by atoms with E-state index in [9.17, 15) is 0 Å². The van der Waals surface area contributed by atoms with Gasteiger partial charge in [-0.15, -0.1) is 0 Å². The van der Waals surface area contributed by atoms with Crippen molar-refractivity contribution in [2.75, 3.05) is 6.54 Å². The number of rotatable bonds is 4. The second-order valence-electron chi connectivity index (χ2n) is 2.43. The van der Waals surface area contributed by atoms with E-state index < -0.39 is 0 Å². The zero-order valence-electron chi connectivity index (χ0n) is 8.38. The third-order valence-electron chi connectivity index (χ3n) is 1.11. The van der Waals surface area contributed by atoms with Gasteiger partial charge in [0.1, 0.15) is 0 Å². The SMILES string of the molecule is CC.CC(N)CCCN=C(N)N. The fourth-order valence-corrected chi connectivity index (χ4v) is 0.621. The molecule has 0 aliphatic heterocycles. The quantitative estimate of drug-likeness (QED) is 0.327. The van der Waals surface area contributed by atoms with Gasteiger partial charge in [0.2, 0.25) is 0 Å². The predicted molar refractivity (Wildman–Crippen MR) is 54.9 cm³/mol. The van der Waals surface area contributed by atoms with Crippen molar-refractivity contribution in [2.45, 2.75) is 39.7 Å². The maximum atomic E-state index is 5.50. The molecule has 0 radical (unpaired) electrons. The summed E-state index contributed by atoms with van der Waals surface area (Å²) in [4.78, 5) is 3.81. The summed E-state index contributed by atoms with van der Waals surface area (Å²) in [7, 11) is 0. The molecule has 0 fully saturated rings. The van der Waals surface area contributed by atoms with Crippen LogP contribution >= 0.6 is 0 Å². The van der Waals surface area contributed by atoms with Crippen LogP contribution in [0.25, 0.3) is 0 Å². The highest BCUT2D eigenvalue weighted by Crippen LogP contribution is 1.92. The standard InChI is InChI=1S/C6H16N4.C2H6/c1-5(7)3-2-4-10-6(8)9;1-2/h5H,2-4,7H2,1H3,(H4,8,9,10);1-2H3. The van der Waals surface area contributed by atoms with Crippen molar-refractivity contribution in [3.05, 3.63) is 0 Å². The zero-order chi connectivity index (χ0) is 9.98. The van der Waals surface area contributed by atoms with Crippen LogP contribution < -0.4 is 17.2 Å². The summed E-state index contributed by atoms with van der Waals surface area (Å²) in [6.07, 6.45) is 1.92. The Morgan fingerprint density at radius 1 is 1.33 bits per heavy atom. The van der Waals surface area contributed by atoms with Gasteiger partial charge in [-0.2, -0.15) is 0 Å². The molecule has 0 aromatic rings. The second-order valence-corrected chi connectivity index (χ2v) is 2.43. The molecular formula is C8H22N4. The Morgan fingerprint density at radius 3 is 2.17 bits per heavy atom. The van der Waals surface area contributed by atoms with E-state index in [1.54, 1.807) is 0 Å². The zero-order valence-corrected chi connectivity index (χ0v) is 8.38. The van der Waals surface area contributed by atoms with E-state index in [4.69, 9.17) is 17.2 Å². The van der Waals surface area contributed by atoms with E-state index >= 15 is 0 Å². The monoisotopic (exact) mass is 174 g/mol. The van der Waals surface area contributed by atoms with Gasteiger partial charge in [0.25, 0.3) is 0 Å².